The summed E-state index contributed by atoms with van der Waals surface area (Å²) < 4.78 is 45.1. The fraction of sp³-hybridized carbons (Fsp3) is 0.241. The zero-order valence-electron chi connectivity index (χ0n) is 21.8. The Morgan fingerprint density at radius 2 is 1.98 bits per heavy atom. The number of ether oxygens (including phenoxy) is 1. The number of hydrogen-bond donors (Lipinski definition) is 4. The maximum Gasteiger partial charge on any atom is 0.250 e. The summed E-state index contributed by atoms with van der Waals surface area (Å²) in [4.78, 5) is 20.1. The van der Waals surface area contributed by atoms with Gasteiger partial charge in [0.15, 0.2) is 10.7 Å². The molecule has 1 aliphatic rings. The molecule has 0 spiro atoms. The number of nitrogen functional groups attached to an aromatic ring is 2. The van der Waals surface area contributed by atoms with Gasteiger partial charge in [-0.3, -0.25) is 4.79 Å². The number of carbonyl (C=O) groups is 1. The number of nitrogens with zero attached hydrogens (tertiary/aromatic N) is 2. The Bertz CT molecular complexity index is 1650. The largest absolute Gasteiger partial charge is 0.494 e. The van der Waals surface area contributed by atoms with Crippen molar-refractivity contribution in [2.75, 3.05) is 29.9 Å². The molecule has 2 heterocycles. The maximum atomic E-state index is 15.4. The number of benzene rings is 3. The normalized spacial score (nSPS) is 15.9. The standard InChI is InChI=1S/C29H30FN5O4S/c1-2-39-20-7-9-24(30)22(16-20)27(34-19-6-8-21-17(14-19)11-12-33-28(21)32)29(36)35-13-3-4-25(35)23-15-18(31)5-10-26(23)40(37)38/h5-12,14-16,25,27,34,40H,2-4,13,31H2,1H3,(H2,32,33)/t25-,27+/m1/s1. The van der Waals surface area contributed by atoms with Gasteiger partial charge in [-0.2, -0.15) is 0 Å². The molecule has 4 aromatic rings. The van der Waals surface area contributed by atoms with Crippen LogP contribution in [0.5, 0.6) is 5.75 Å². The molecule has 0 unspecified atom stereocenters. The van der Waals surface area contributed by atoms with Crippen LogP contribution in [0, 0.1) is 5.82 Å². The van der Waals surface area contributed by atoms with E-state index in [-0.39, 0.29) is 10.5 Å². The minimum atomic E-state index is -2.92. The molecule has 9 nitrogen and oxygen atoms in total. The van der Waals surface area contributed by atoms with Crippen LogP contribution in [0.25, 0.3) is 10.8 Å². The van der Waals surface area contributed by atoms with Crippen LogP contribution in [-0.2, 0) is 15.5 Å². The van der Waals surface area contributed by atoms with Gasteiger partial charge in [0.1, 0.15) is 23.4 Å². The Morgan fingerprint density at radius 1 is 1.15 bits per heavy atom. The zero-order valence-corrected chi connectivity index (χ0v) is 22.7. The molecule has 1 aromatic heterocycles. The van der Waals surface area contributed by atoms with Crippen LogP contribution < -0.4 is 21.5 Å². The maximum absolute atomic E-state index is 15.4. The van der Waals surface area contributed by atoms with E-state index in [4.69, 9.17) is 16.2 Å². The number of likely N-dealkylation sites (tertiary alicyclic amines) is 1. The highest BCUT2D eigenvalue weighted by Crippen LogP contribution is 2.39. The van der Waals surface area contributed by atoms with E-state index in [0.29, 0.717) is 54.5 Å². The van der Waals surface area contributed by atoms with Gasteiger partial charge >= 0.3 is 0 Å². The molecule has 0 radical (unpaired) electrons. The highest BCUT2D eigenvalue weighted by atomic mass is 32.2. The summed E-state index contributed by atoms with van der Waals surface area (Å²) in [6, 6.07) is 14.4. The molecule has 1 amide bonds. The summed E-state index contributed by atoms with van der Waals surface area (Å²) in [5.74, 6) is -0.178. The predicted octanol–water partition coefficient (Wildman–Crippen LogP) is 4.42. The molecule has 0 aliphatic carbocycles. The second kappa shape index (κ2) is 11.4. The molecule has 2 atom stereocenters. The van der Waals surface area contributed by atoms with Crippen molar-refractivity contribution in [3.8, 4) is 5.75 Å². The number of hydrogen-bond acceptors (Lipinski definition) is 8. The number of fused-ring (bicyclic) bond motifs is 1. The van der Waals surface area contributed by atoms with Crippen molar-refractivity contribution in [2.45, 2.75) is 36.7 Å². The van der Waals surface area contributed by atoms with Gasteiger partial charge in [-0.1, -0.05) is 0 Å². The van der Waals surface area contributed by atoms with E-state index >= 15 is 4.39 Å². The fourth-order valence-electron chi connectivity index (χ4n) is 5.26. The number of carbonyl (C=O) groups excluding carboxylic acids is 1. The van der Waals surface area contributed by atoms with Crippen LogP contribution in [0.4, 0.5) is 21.6 Å². The summed E-state index contributed by atoms with van der Waals surface area (Å²) in [6.07, 6.45) is 2.78. The van der Waals surface area contributed by atoms with Crippen molar-refractivity contribution in [3.63, 3.8) is 0 Å². The van der Waals surface area contributed by atoms with Crippen molar-refractivity contribution < 1.29 is 22.3 Å². The number of aromatic nitrogens is 1. The highest BCUT2D eigenvalue weighted by Gasteiger charge is 2.37. The molecule has 1 fully saturated rings. The summed E-state index contributed by atoms with van der Waals surface area (Å²) in [5.41, 5.74) is 13.5. The molecular formula is C29H30FN5O4S. The first-order valence-electron chi connectivity index (χ1n) is 12.9. The first-order valence-corrected chi connectivity index (χ1v) is 14.1. The van der Waals surface area contributed by atoms with Gasteiger partial charge in [0.2, 0.25) is 5.91 Å². The van der Waals surface area contributed by atoms with E-state index in [1.807, 2.05) is 13.0 Å². The van der Waals surface area contributed by atoms with E-state index in [2.05, 4.69) is 10.3 Å². The summed E-state index contributed by atoms with van der Waals surface area (Å²) in [6.45, 7) is 2.56. The second-order valence-corrected chi connectivity index (χ2v) is 10.6. The summed E-state index contributed by atoms with van der Waals surface area (Å²) in [7, 11) is -2.92. The van der Waals surface area contributed by atoms with Crippen LogP contribution in [0.15, 0.2) is 71.8 Å². The number of pyridine rings is 1. The minimum absolute atomic E-state index is 0.110. The topological polar surface area (TPSA) is 141 Å². The highest BCUT2D eigenvalue weighted by molar-refractivity contribution is 7.72. The van der Waals surface area contributed by atoms with E-state index in [1.54, 1.807) is 35.4 Å². The number of thiol groups is 1. The number of rotatable bonds is 8. The molecule has 1 aliphatic heterocycles. The molecule has 5 rings (SSSR count). The van der Waals surface area contributed by atoms with Crippen molar-refractivity contribution in [1.82, 2.24) is 9.88 Å². The van der Waals surface area contributed by atoms with Crippen LogP contribution in [-0.4, -0.2) is 37.4 Å². The fourth-order valence-corrected chi connectivity index (χ4v) is 5.88. The van der Waals surface area contributed by atoms with E-state index < -0.39 is 34.5 Å². The number of nitrogens with one attached hydrogen (secondary N) is 1. The lowest BCUT2D eigenvalue weighted by Gasteiger charge is -2.31. The molecule has 208 valence electrons. The Labute approximate surface area is 232 Å². The van der Waals surface area contributed by atoms with E-state index in [0.717, 1.165) is 10.8 Å². The molecule has 1 saturated heterocycles. The number of nitrogens with two attached hydrogens (primary N) is 2. The lowest BCUT2D eigenvalue weighted by atomic mass is 10.00. The summed E-state index contributed by atoms with van der Waals surface area (Å²) >= 11 is 0. The number of halogens is 1. The monoisotopic (exact) mass is 563 g/mol. The molecule has 5 N–H and O–H groups in total. The van der Waals surface area contributed by atoms with Gasteiger partial charge < -0.3 is 26.4 Å². The molecule has 0 saturated carbocycles. The van der Waals surface area contributed by atoms with Gasteiger partial charge in [-0.15, -0.1) is 0 Å². The third-order valence-corrected chi connectivity index (χ3v) is 7.89. The Morgan fingerprint density at radius 3 is 2.75 bits per heavy atom. The van der Waals surface area contributed by atoms with Gasteiger partial charge in [0.05, 0.1) is 17.5 Å². The average molecular weight is 564 g/mol. The molecule has 3 aromatic carbocycles. The van der Waals surface area contributed by atoms with Gasteiger partial charge in [0, 0.05) is 35.1 Å². The Hall–Kier alpha value is -4.38. The number of amides is 1. The minimum Gasteiger partial charge on any atom is -0.494 e. The van der Waals surface area contributed by atoms with E-state index in [9.17, 15) is 13.2 Å². The van der Waals surface area contributed by atoms with Crippen molar-refractivity contribution >= 4 is 44.6 Å². The van der Waals surface area contributed by atoms with Crippen LogP contribution >= 0.6 is 0 Å². The van der Waals surface area contributed by atoms with Gasteiger partial charge in [0.25, 0.3) is 0 Å². The predicted molar refractivity (Wildman–Crippen MR) is 153 cm³/mol. The average Bonchev–Trinajstić information content (AvgIpc) is 3.42. The SMILES string of the molecule is CCOc1ccc(F)c([C@H](Nc2ccc3c(N)nccc3c2)C(=O)N2CCC[C@@H]2c2cc(N)ccc2[SH](=O)=O)c1. The number of anilines is 3. The van der Waals surface area contributed by atoms with Crippen LogP contribution in [0.3, 0.4) is 0 Å². The van der Waals surface area contributed by atoms with Crippen LogP contribution in [0.1, 0.15) is 43.0 Å². The van der Waals surface area contributed by atoms with Gasteiger partial charge in [-0.05, 0) is 91.4 Å². The third-order valence-electron chi connectivity index (χ3n) is 7.09. The van der Waals surface area contributed by atoms with Gasteiger partial charge in [-0.25, -0.2) is 17.8 Å². The van der Waals surface area contributed by atoms with Crippen LogP contribution in [0.2, 0.25) is 0 Å². The molecule has 0 bridgehead atoms. The summed E-state index contributed by atoms with van der Waals surface area (Å²) in [5, 5.41) is 4.77. The lowest BCUT2D eigenvalue weighted by Crippen LogP contribution is -2.38. The zero-order chi connectivity index (χ0) is 28.4. The Kier molecular flexibility index (Phi) is 7.74. The van der Waals surface area contributed by atoms with Crippen molar-refractivity contribution in [3.05, 3.63) is 83.8 Å². The molecule has 11 heteroatoms. The van der Waals surface area contributed by atoms with E-state index in [1.165, 1.54) is 30.3 Å². The molecule has 40 heavy (non-hydrogen) atoms. The first-order chi connectivity index (χ1) is 19.3. The smallest absolute Gasteiger partial charge is 0.250 e. The lowest BCUT2D eigenvalue weighted by molar-refractivity contribution is -0.133. The van der Waals surface area contributed by atoms with Crippen molar-refractivity contribution in [2.24, 2.45) is 0 Å². The molecular weight excluding hydrogens is 533 g/mol. The first kappa shape index (κ1) is 27.2. The quantitative estimate of drug-likeness (QED) is 0.182. The Balaban J connectivity index is 1.58. The third kappa shape index (κ3) is 5.37. The van der Waals surface area contributed by atoms with Crippen molar-refractivity contribution in [1.29, 1.82) is 0 Å². The second-order valence-electron chi connectivity index (χ2n) is 9.59.